The number of hydrogen-bond donors (Lipinski definition) is 1. The minimum absolute atomic E-state index is 0.218. The van der Waals surface area contributed by atoms with Crippen molar-refractivity contribution in [2.24, 2.45) is 11.3 Å². The topological polar surface area (TPSA) is 43.4 Å². The van der Waals surface area contributed by atoms with Gasteiger partial charge in [0.15, 0.2) is 0 Å². The minimum Gasteiger partial charge on any atom is -0.383 e. The molecule has 3 rings (SSSR count). The zero-order valence-corrected chi connectivity index (χ0v) is 13.9. The Labute approximate surface area is 131 Å². The molecule has 5 heteroatoms. The van der Waals surface area contributed by atoms with E-state index >= 15 is 0 Å². The van der Waals surface area contributed by atoms with Crippen LogP contribution in [-0.2, 0) is 15.9 Å². The van der Waals surface area contributed by atoms with Crippen molar-refractivity contribution in [2.75, 3.05) is 33.4 Å². The number of rotatable bonds is 8. The van der Waals surface area contributed by atoms with Gasteiger partial charge in [-0.1, -0.05) is 0 Å². The lowest BCUT2D eigenvalue weighted by Gasteiger charge is -2.34. The van der Waals surface area contributed by atoms with E-state index in [9.17, 15) is 0 Å². The number of ether oxygens (including phenoxy) is 2. The first-order chi connectivity index (χ1) is 10.2. The summed E-state index contributed by atoms with van der Waals surface area (Å²) in [7, 11) is 1.75. The largest absolute Gasteiger partial charge is 0.383 e. The predicted molar refractivity (Wildman–Crippen MR) is 84.8 cm³/mol. The molecule has 0 radical (unpaired) electrons. The molecule has 1 aliphatic carbocycles. The minimum atomic E-state index is 0.218. The van der Waals surface area contributed by atoms with Gasteiger partial charge in [0, 0.05) is 37.6 Å². The number of nitrogens with one attached hydrogen (secondary N) is 1. The van der Waals surface area contributed by atoms with Crippen molar-refractivity contribution in [3.05, 3.63) is 16.1 Å². The highest BCUT2D eigenvalue weighted by atomic mass is 32.1. The molecule has 1 N–H and O–H groups in total. The van der Waals surface area contributed by atoms with Gasteiger partial charge in [-0.05, 0) is 38.5 Å². The van der Waals surface area contributed by atoms with Crippen LogP contribution in [0.4, 0.5) is 0 Å². The molecule has 1 aromatic rings. The molecule has 2 heterocycles. The van der Waals surface area contributed by atoms with Gasteiger partial charge in [0.1, 0.15) is 0 Å². The van der Waals surface area contributed by atoms with E-state index in [4.69, 9.17) is 9.47 Å². The SMILES string of the molecule is COCCNCC1(Cc2csc(C)n2)CCOC1C1CC1. The highest BCUT2D eigenvalue weighted by molar-refractivity contribution is 7.09. The molecule has 1 aromatic heterocycles. The number of thiazole rings is 1. The maximum Gasteiger partial charge on any atom is 0.0897 e. The second-order valence-corrected chi connectivity index (χ2v) is 7.51. The summed E-state index contributed by atoms with van der Waals surface area (Å²) in [5.74, 6) is 0.774. The van der Waals surface area contributed by atoms with E-state index in [1.54, 1.807) is 18.4 Å². The van der Waals surface area contributed by atoms with E-state index in [-0.39, 0.29) is 5.41 Å². The smallest absolute Gasteiger partial charge is 0.0897 e. The van der Waals surface area contributed by atoms with E-state index in [2.05, 4.69) is 22.6 Å². The number of methoxy groups -OCH3 is 1. The number of nitrogens with zero attached hydrogens (tertiary/aromatic N) is 1. The van der Waals surface area contributed by atoms with E-state index in [1.807, 2.05) is 0 Å². The molecular weight excluding hydrogens is 284 g/mol. The quantitative estimate of drug-likeness (QED) is 0.749. The monoisotopic (exact) mass is 310 g/mol. The Balaban J connectivity index is 1.70. The van der Waals surface area contributed by atoms with Crippen LogP contribution >= 0.6 is 11.3 Å². The molecule has 0 spiro atoms. The summed E-state index contributed by atoms with van der Waals surface area (Å²) >= 11 is 1.75. The highest BCUT2D eigenvalue weighted by Gasteiger charge is 2.50. The van der Waals surface area contributed by atoms with Crippen LogP contribution in [0.1, 0.15) is 30.0 Å². The van der Waals surface area contributed by atoms with Crippen molar-refractivity contribution in [3.63, 3.8) is 0 Å². The molecule has 4 nitrogen and oxygen atoms in total. The summed E-state index contributed by atoms with van der Waals surface area (Å²) < 4.78 is 11.3. The van der Waals surface area contributed by atoms with Crippen molar-refractivity contribution in [2.45, 2.75) is 38.7 Å². The average Bonchev–Trinajstić information content (AvgIpc) is 3.11. The predicted octanol–water partition coefficient (Wildman–Crippen LogP) is 2.42. The first kappa shape index (κ1) is 15.4. The van der Waals surface area contributed by atoms with E-state index in [1.165, 1.54) is 18.5 Å². The normalized spacial score (nSPS) is 29.1. The lowest BCUT2D eigenvalue weighted by molar-refractivity contribution is 0.0296. The van der Waals surface area contributed by atoms with Crippen LogP contribution in [0.5, 0.6) is 0 Å². The first-order valence-electron chi connectivity index (χ1n) is 7.96. The van der Waals surface area contributed by atoms with E-state index in [0.29, 0.717) is 6.10 Å². The Morgan fingerprint density at radius 3 is 3.05 bits per heavy atom. The zero-order chi connectivity index (χ0) is 14.7. The molecule has 1 saturated carbocycles. The van der Waals surface area contributed by atoms with Gasteiger partial charge in [-0.2, -0.15) is 0 Å². The van der Waals surface area contributed by atoms with Crippen molar-refractivity contribution < 1.29 is 9.47 Å². The van der Waals surface area contributed by atoms with Crippen LogP contribution < -0.4 is 5.32 Å². The molecule has 118 valence electrons. The van der Waals surface area contributed by atoms with Crippen molar-refractivity contribution in [3.8, 4) is 0 Å². The summed E-state index contributed by atoms with van der Waals surface area (Å²) in [6.07, 6.45) is 5.26. The third-order valence-corrected chi connectivity index (χ3v) is 5.53. The lowest BCUT2D eigenvalue weighted by atomic mass is 9.75. The third-order valence-electron chi connectivity index (χ3n) is 4.71. The van der Waals surface area contributed by atoms with Gasteiger partial charge in [0.05, 0.1) is 23.4 Å². The van der Waals surface area contributed by atoms with Gasteiger partial charge < -0.3 is 14.8 Å². The Morgan fingerprint density at radius 1 is 1.52 bits per heavy atom. The fourth-order valence-electron chi connectivity index (χ4n) is 3.55. The molecule has 0 aromatic carbocycles. The van der Waals surface area contributed by atoms with Gasteiger partial charge in [-0.3, -0.25) is 0 Å². The summed E-state index contributed by atoms with van der Waals surface area (Å²) in [4.78, 5) is 4.69. The number of aromatic nitrogens is 1. The molecule has 2 atom stereocenters. The second kappa shape index (κ2) is 6.73. The summed E-state index contributed by atoms with van der Waals surface area (Å²) in [6, 6.07) is 0. The molecule has 0 amide bonds. The van der Waals surface area contributed by atoms with Gasteiger partial charge in [-0.25, -0.2) is 4.98 Å². The van der Waals surface area contributed by atoms with Crippen LogP contribution in [0.15, 0.2) is 5.38 Å². The summed E-state index contributed by atoms with van der Waals surface area (Å²) in [5, 5.41) is 6.96. The van der Waals surface area contributed by atoms with Crippen LogP contribution in [0.3, 0.4) is 0 Å². The van der Waals surface area contributed by atoms with Gasteiger partial charge in [0.25, 0.3) is 0 Å². The number of aryl methyl sites for hydroxylation is 1. The molecule has 21 heavy (non-hydrogen) atoms. The summed E-state index contributed by atoms with van der Waals surface area (Å²) in [5.41, 5.74) is 1.46. The van der Waals surface area contributed by atoms with Crippen LogP contribution in [-0.4, -0.2) is 44.5 Å². The first-order valence-corrected chi connectivity index (χ1v) is 8.84. The molecule has 1 saturated heterocycles. The molecular formula is C16H26N2O2S. The van der Waals surface area contributed by atoms with Gasteiger partial charge in [0.2, 0.25) is 0 Å². The molecule has 1 aliphatic heterocycles. The van der Waals surface area contributed by atoms with E-state index < -0.39 is 0 Å². The standard InChI is InChI=1S/C16H26N2O2S/c1-12-18-14(10-21-12)9-16(11-17-6-8-19-2)5-7-20-15(16)13-3-4-13/h10,13,15,17H,3-9,11H2,1-2H3. The van der Waals surface area contributed by atoms with E-state index in [0.717, 1.165) is 50.1 Å². The maximum atomic E-state index is 6.13. The maximum absolute atomic E-state index is 6.13. The highest BCUT2D eigenvalue weighted by Crippen LogP contribution is 2.49. The van der Waals surface area contributed by atoms with Crippen molar-refractivity contribution >= 4 is 11.3 Å². The number of hydrogen-bond acceptors (Lipinski definition) is 5. The Morgan fingerprint density at radius 2 is 2.38 bits per heavy atom. The Bertz CT molecular complexity index is 461. The van der Waals surface area contributed by atoms with Gasteiger partial charge >= 0.3 is 0 Å². The fraction of sp³-hybridized carbons (Fsp3) is 0.812. The molecule has 2 fully saturated rings. The van der Waals surface area contributed by atoms with Crippen LogP contribution in [0.2, 0.25) is 0 Å². The molecule has 2 aliphatic rings. The average molecular weight is 310 g/mol. The lowest BCUT2D eigenvalue weighted by Crippen LogP contribution is -2.44. The zero-order valence-electron chi connectivity index (χ0n) is 13.1. The van der Waals surface area contributed by atoms with Crippen LogP contribution in [0.25, 0.3) is 0 Å². The second-order valence-electron chi connectivity index (χ2n) is 6.45. The Kier molecular flexibility index (Phi) is 4.94. The van der Waals surface area contributed by atoms with Crippen molar-refractivity contribution in [1.82, 2.24) is 10.3 Å². The Hall–Kier alpha value is -0.490. The van der Waals surface area contributed by atoms with Crippen molar-refractivity contribution in [1.29, 1.82) is 0 Å². The van der Waals surface area contributed by atoms with Gasteiger partial charge in [-0.15, -0.1) is 11.3 Å². The third kappa shape index (κ3) is 3.65. The molecule has 0 bridgehead atoms. The fourth-order valence-corrected chi connectivity index (χ4v) is 4.16. The summed E-state index contributed by atoms with van der Waals surface area (Å²) in [6.45, 7) is 5.66. The molecule has 2 unspecified atom stereocenters. The van der Waals surface area contributed by atoms with Crippen LogP contribution in [0, 0.1) is 18.3 Å².